The van der Waals surface area contributed by atoms with Crippen molar-refractivity contribution in [2.75, 3.05) is 5.73 Å². The molecule has 0 saturated heterocycles. The second-order valence-electron chi connectivity index (χ2n) is 1.93. The fourth-order valence-electron chi connectivity index (χ4n) is 0.569. The molecule has 0 aliphatic heterocycles. The first kappa shape index (κ1) is 7.83. The van der Waals surface area contributed by atoms with Crippen LogP contribution < -0.4 is 5.73 Å². The Morgan fingerprint density at radius 2 is 2.09 bits per heavy atom. The van der Waals surface area contributed by atoms with Crippen molar-refractivity contribution in [3.05, 3.63) is 5.82 Å². The summed E-state index contributed by atoms with van der Waals surface area (Å²) in [6.45, 7) is 0. The first-order valence-corrected chi connectivity index (χ1v) is 2.71. The van der Waals surface area contributed by atoms with E-state index in [4.69, 9.17) is 5.73 Å². The highest BCUT2D eigenvalue weighted by Crippen LogP contribution is 2.18. The molecule has 0 aromatic carbocycles. The molecular formula is C4H5F3N4. The lowest BCUT2D eigenvalue weighted by atomic mass is 10.4. The average molecular weight is 166 g/mol. The van der Waals surface area contributed by atoms with Crippen molar-refractivity contribution in [1.29, 1.82) is 0 Å². The molecule has 1 aromatic rings. The summed E-state index contributed by atoms with van der Waals surface area (Å²) in [5.41, 5.74) is 5.00. The number of rotatable bonds is 1. The van der Waals surface area contributed by atoms with E-state index < -0.39 is 12.6 Å². The molecule has 3 N–H and O–H groups in total. The number of nitrogens with zero attached hydrogens (tertiary/aromatic N) is 2. The molecule has 0 saturated carbocycles. The maximum atomic E-state index is 11.6. The zero-order chi connectivity index (χ0) is 8.48. The number of alkyl halides is 3. The van der Waals surface area contributed by atoms with E-state index in [1.807, 2.05) is 0 Å². The SMILES string of the molecule is Nc1nc(CC(F)(F)F)n[nH]1. The number of aromatic amines is 1. The average Bonchev–Trinajstić information content (AvgIpc) is 2.10. The maximum Gasteiger partial charge on any atom is 0.396 e. The first-order chi connectivity index (χ1) is 4.97. The number of nitrogens with two attached hydrogens (primary N) is 1. The van der Waals surface area contributed by atoms with Gasteiger partial charge < -0.3 is 5.73 Å². The molecule has 7 heteroatoms. The van der Waals surface area contributed by atoms with Crippen molar-refractivity contribution in [3.8, 4) is 0 Å². The van der Waals surface area contributed by atoms with Crippen molar-refractivity contribution < 1.29 is 13.2 Å². The van der Waals surface area contributed by atoms with Crippen LogP contribution in [0.5, 0.6) is 0 Å². The number of anilines is 1. The van der Waals surface area contributed by atoms with Crippen LogP contribution in [0.3, 0.4) is 0 Å². The summed E-state index contributed by atoms with van der Waals surface area (Å²) < 4.78 is 34.8. The van der Waals surface area contributed by atoms with Gasteiger partial charge in [-0.2, -0.15) is 23.3 Å². The third-order valence-corrected chi connectivity index (χ3v) is 0.908. The van der Waals surface area contributed by atoms with Gasteiger partial charge in [0.15, 0.2) is 5.82 Å². The fraction of sp³-hybridized carbons (Fsp3) is 0.500. The molecule has 0 spiro atoms. The van der Waals surface area contributed by atoms with Crippen molar-refractivity contribution in [2.45, 2.75) is 12.6 Å². The van der Waals surface area contributed by atoms with Gasteiger partial charge in [-0.1, -0.05) is 0 Å². The summed E-state index contributed by atoms with van der Waals surface area (Å²) >= 11 is 0. The van der Waals surface area contributed by atoms with Gasteiger partial charge in [0.25, 0.3) is 0 Å². The molecule has 62 valence electrons. The zero-order valence-corrected chi connectivity index (χ0v) is 5.31. The van der Waals surface area contributed by atoms with Crippen molar-refractivity contribution in [2.24, 2.45) is 0 Å². The van der Waals surface area contributed by atoms with Crippen LogP contribution in [0.1, 0.15) is 5.82 Å². The lowest BCUT2D eigenvalue weighted by molar-refractivity contribution is -0.128. The summed E-state index contributed by atoms with van der Waals surface area (Å²) in [7, 11) is 0. The smallest absolute Gasteiger partial charge is 0.368 e. The quantitative estimate of drug-likeness (QED) is 0.638. The molecule has 0 amide bonds. The lowest BCUT2D eigenvalue weighted by Gasteiger charge is -2.00. The van der Waals surface area contributed by atoms with Gasteiger partial charge >= 0.3 is 6.18 Å². The zero-order valence-electron chi connectivity index (χ0n) is 5.31. The molecule has 0 unspecified atom stereocenters. The van der Waals surface area contributed by atoms with E-state index in [2.05, 4.69) is 15.2 Å². The van der Waals surface area contributed by atoms with E-state index in [-0.39, 0.29) is 11.8 Å². The van der Waals surface area contributed by atoms with E-state index in [9.17, 15) is 13.2 Å². The Morgan fingerprint density at radius 1 is 1.45 bits per heavy atom. The number of H-pyrrole nitrogens is 1. The van der Waals surface area contributed by atoms with Gasteiger partial charge in [0, 0.05) is 0 Å². The number of nitrogens with one attached hydrogen (secondary N) is 1. The molecule has 0 fully saturated rings. The molecule has 1 rings (SSSR count). The second-order valence-corrected chi connectivity index (χ2v) is 1.93. The molecule has 0 atom stereocenters. The highest BCUT2D eigenvalue weighted by Gasteiger charge is 2.29. The van der Waals surface area contributed by atoms with Gasteiger partial charge in [-0.15, -0.1) is 0 Å². The summed E-state index contributed by atoms with van der Waals surface area (Å²) in [6.07, 6.45) is -5.44. The Bertz CT molecular complexity index is 240. The molecule has 0 aliphatic carbocycles. The standard InChI is InChI=1S/C4H5F3N4/c5-4(6,7)1-2-9-3(8)11-10-2/h1H2,(H3,8,9,10,11). The molecule has 0 radical (unpaired) electrons. The summed E-state index contributed by atoms with van der Waals surface area (Å²) in [5, 5.41) is 5.33. The highest BCUT2D eigenvalue weighted by atomic mass is 19.4. The third kappa shape index (κ3) is 2.44. The molecule has 11 heavy (non-hydrogen) atoms. The Labute approximate surface area is 59.6 Å². The van der Waals surface area contributed by atoms with Gasteiger partial charge in [0.2, 0.25) is 5.95 Å². The van der Waals surface area contributed by atoms with Crippen LogP contribution >= 0.6 is 0 Å². The van der Waals surface area contributed by atoms with Crippen LogP contribution in [0.2, 0.25) is 0 Å². The van der Waals surface area contributed by atoms with Gasteiger partial charge in [-0.05, 0) is 0 Å². The topological polar surface area (TPSA) is 67.6 Å². The molecule has 0 bridgehead atoms. The number of hydrogen-bond donors (Lipinski definition) is 2. The van der Waals surface area contributed by atoms with Crippen molar-refractivity contribution >= 4 is 5.95 Å². The summed E-state index contributed by atoms with van der Waals surface area (Å²) in [6, 6.07) is 0. The van der Waals surface area contributed by atoms with Crippen LogP contribution in [0, 0.1) is 0 Å². The van der Waals surface area contributed by atoms with Crippen LogP contribution in [-0.4, -0.2) is 21.4 Å². The van der Waals surface area contributed by atoms with E-state index in [0.29, 0.717) is 0 Å². The van der Waals surface area contributed by atoms with Gasteiger partial charge in [-0.3, -0.25) is 0 Å². The maximum absolute atomic E-state index is 11.6. The number of halogens is 3. The normalized spacial score (nSPS) is 11.9. The molecule has 1 aromatic heterocycles. The van der Waals surface area contributed by atoms with Crippen molar-refractivity contribution in [3.63, 3.8) is 0 Å². The van der Waals surface area contributed by atoms with Crippen LogP contribution in [-0.2, 0) is 6.42 Å². The third-order valence-electron chi connectivity index (χ3n) is 0.908. The molecular weight excluding hydrogens is 161 g/mol. The predicted octanol–water partition coefficient (Wildman–Crippen LogP) is 0.492. The minimum Gasteiger partial charge on any atom is -0.368 e. The Hall–Kier alpha value is -1.27. The first-order valence-electron chi connectivity index (χ1n) is 2.71. The van der Waals surface area contributed by atoms with Gasteiger partial charge in [0.1, 0.15) is 6.42 Å². The van der Waals surface area contributed by atoms with Gasteiger partial charge in [0.05, 0.1) is 0 Å². The van der Waals surface area contributed by atoms with E-state index in [1.165, 1.54) is 0 Å². The molecule has 1 heterocycles. The summed E-state index contributed by atoms with van der Waals surface area (Å²) in [4.78, 5) is 3.29. The fourth-order valence-corrected chi connectivity index (χ4v) is 0.569. The minimum atomic E-state index is -4.28. The number of aromatic nitrogens is 3. The largest absolute Gasteiger partial charge is 0.396 e. The predicted molar refractivity (Wildman–Crippen MR) is 30.6 cm³/mol. The Kier molecular flexibility index (Phi) is 1.71. The minimum absolute atomic E-state index is 0.107. The van der Waals surface area contributed by atoms with Crippen LogP contribution in [0.15, 0.2) is 0 Å². The molecule has 0 aliphatic rings. The second kappa shape index (κ2) is 2.40. The van der Waals surface area contributed by atoms with E-state index >= 15 is 0 Å². The molecule has 4 nitrogen and oxygen atoms in total. The highest BCUT2D eigenvalue weighted by molar-refractivity contribution is 5.12. The lowest BCUT2D eigenvalue weighted by Crippen LogP contribution is -2.12. The van der Waals surface area contributed by atoms with Crippen LogP contribution in [0.25, 0.3) is 0 Å². The van der Waals surface area contributed by atoms with Crippen molar-refractivity contribution in [1.82, 2.24) is 15.2 Å². The number of nitrogen functional groups attached to an aromatic ring is 1. The van der Waals surface area contributed by atoms with E-state index in [0.717, 1.165) is 0 Å². The number of hydrogen-bond acceptors (Lipinski definition) is 3. The van der Waals surface area contributed by atoms with Crippen LogP contribution in [0.4, 0.5) is 19.1 Å². The van der Waals surface area contributed by atoms with Gasteiger partial charge in [-0.25, -0.2) is 5.10 Å². The van der Waals surface area contributed by atoms with E-state index in [1.54, 1.807) is 0 Å². The Morgan fingerprint density at radius 3 is 2.45 bits per heavy atom. The monoisotopic (exact) mass is 166 g/mol. The summed E-state index contributed by atoms with van der Waals surface area (Å²) in [5.74, 6) is -0.445. The Balaban J connectivity index is 2.65.